The highest BCUT2D eigenvalue weighted by molar-refractivity contribution is 5.68. The molecule has 4 aromatic heterocycles. The van der Waals surface area contributed by atoms with Gasteiger partial charge in [-0.05, 0) is 54.1 Å². The second-order valence-corrected chi connectivity index (χ2v) is 10.9. The zero-order valence-corrected chi connectivity index (χ0v) is 26.3. The number of alkyl halides is 2. The Labute approximate surface area is 271 Å². The lowest BCUT2D eigenvalue weighted by atomic mass is 10.1. The Bertz CT molecular complexity index is 2060. The summed E-state index contributed by atoms with van der Waals surface area (Å²) < 4.78 is 32.5. The molecular weight excluding hydrogens is 596 g/mol. The van der Waals surface area contributed by atoms with Crippen molar-refractivity contribution >= 4 is 28.4 Å². The van der Waals surface area contributed by atoms with Gasteiger partial charge in [-0.2, -0.15) is 8.78 Å². The molecule has 0 aliphatic carbocycles. The number of hydrogen-bond donors (Lipinski definition) is 2. The molecule has 0 aliphatic rings. The SMILES string of the molecule is CNc1ccn2cc(-c3ccc(N(C)Cc4ccccc4)cc3)nc2c1.CNc1ccn2cc(-c3ccc(OC(F)F)cc3)nc2c1. The van der Waals surface area contributed by atoms with E-state index in [0.717, 1.165) is 51.7 Å². The Morgan fingerprint density at radius 1 is 0.702 bits per heavy atom. The topological polar surface area (TPSA) is 71.1 Å². The van der Waals surface area contributed by atoms with E-state index in [9.17, 15) is 8.78 Å². The monoisotopic (exact) mass is 631 g/mol. The zero-order valence-electron chi connectivity index (χ0n) is 26.3. The van der Waals surface area contributed by atoms with Gasteiger partial charge in [-0.25, -0.2) is 9.97 Å². The Morgan fingerprint density at radius 2 is 1.21 bits per heavy atom. The van der Waals surface area contributed by atoms with Gasteiger partial charge >= 0.3 is 6.61 Å². The van der Waals surface area contributed by atoms with Gasteiger partial charge in [0.15, 0.2) is 0 Å². The number of anilines is 3. The van der Waals surface area contributed by atoms with Crippen LogP contribution in [0.5, 0.6) is 5.75 Å². The fourth-order valence-electron chi connectivity index (χ4n) is 5.20. The minimum absolute atomic E-state index is 0.134. The summed E-state index contributed by atoms with van der Waals surface area (Å²) in [4.78, 5) is 11.5. The second-order valence-electron chi connectivity index (χ2n) is 10.9. The normalized spacial score (nSPS) is 10.9. The molecule has 0 atom stereocenters. The molecule has 0 saturated carbocycles. The van der Waals surface area contributed by atoms with Crippen molar-refractivity contribution in [1.82, 2.24) is 18.8 Å². The standard InChI is InChI=1S/C22H22N4.C15H13F2N3O/c1-23-19-12-13-26-16-21(24-22(26)14-19)18-8-10-20(11-9-18)25(2)15-17-6-4-3-5-7-17;1-18-11-6-7-20-9-13(19-14(20)8-11)10-2-4-12(5-3-10)21-15(16)17/h3-14,16,23H,15H2,1-2H3;2-9,15,18H,1H3. The largest absolute Gasteiger partial charge is 0.435 e. The molecule has 10 heteroatoms. The number of hydrogen-bond acceptors (Lipinski definition) is 6. The highest BCUT2D eigenvalue weighted by Gasteiger charge is 2.09. The third-order valence-corrected chi connectivity index (χ3v) is 7.74. The number of benzene rings is 3. The predicted octanol–water partition coefficient (Wildman–Crippen LogP) is 8.32. The smallest absolute Gasteiger partial charge is 0.387 e. The van der Waals surface area contributed by atoms with Crippen LogP contribution in [-0.2, 0) is 6.54 Å². The number of nitrogens with one attached hydrogen (secondary N) is 2. The minimum Gasteiger partial charge on any atom is -0.435 e. The first-order valence-electron chi connectivity index (χ1n) is 15.1. The van der Waals surface area contributed by atoms with Crippen molar-refractivity contribution in [3.05, 3.63) is 133 Å². The molecule has 3 aromatic carbocycles. The van der Waals surface area contributed by atoms with E-state index in [1.54, 1.807) is 12.1 Å². The van der Waals surface area contributed by atoms with Gasteiger partial charge in [-0.15, -0.1) is 0 Å². The fourth-order valence-corrected chi connectivity index (χ4v) is 5.20. The Hall–Kier alpha value is -5.90. The second kappa shape index (κ2) is 14.0. The van der Waals surface area contributed by atoms with E-state index in [2.05, 4.69) is 87.0 Å². The molecule has 4 heterocycles. The van der Waals surface area contributed by atoms with Crippen molar-refractivity contribution in [3.8, 4) is 28.3 Å². The fraction of sp³-hybridized carbons (Fsp3) is 0.135. The molecule has 0 aliphatic heterocycles. The van der Waals surface area contributed by atoms with Crippen molar-refractivity contribution in [3.63, 3.8) is 0 Å². The molecule has 0 saturated heterocycles. The van der Waals surface area contributed by atoms with Gasteiger partial charge < -0.3 is 29.1 Å². The number of fused-ring (bicyclic) bond motifs is 2. The van der Waals surface area contributed by atoms with Crippen molar-refractivity contribution < 1.29 is 13.5 Å². The van der Waals surface area contributed by atoms with Crippen LogP contribution < -0.4 is 20.3 Å². The number of pyridine rings is 2. The molecule has 0 bridgehead atoms. The van der Waals surface area contributed by atoms with Crippen LogP contribution >= 0.6 is 0 Å². The summed E-state index contributed by atoms with van der Waals surface area (Å²) in [6.45, 7) is -1.92. The molecule has 0 radical (unpaired) electrons. The summed E-state index contributed by atoms with van der Waals surface area (Å²) >= 11 is 0. The molecule has 0 unspecified atom stereocenters. The van der Waals surface area contributed by atoms with Crippen LogP contribution in [0.2, 0.25) is 0 Å². The average Bonchev–Trinajstić information content (AvgIpc) is 3.73. The Morgan fingerprint density at radius 3 is 1.70 bits per heavy atom. The quantitative estimate of drug-likeness (QED) is 0.167. The molecular formula is C37H35F2N7O. The maximum absolute atomic E-state index is 12.1. The van der Waals surface area contributed by atoms with E-state index in [1.807, 2.05) is 71.8 Å². The molecule has 47 heavy (non-hydrogen) atoms. The van der Waals surface area contributed by atoms with Gasteiger partial charge in [0, 0.05) is 92.8 Å². The zero-order chi connectivity index (χ0) is 32.8. The highest BCUT2D eigenvalue weighted by Crippen LogP contribution is 2.26. The van der Waals surface area contributed by atoms with Crippen LogP contribution in [0.15, 0.2) is 128 Å². The van der Waals surface area contributed by atoms with Gasteiger partial charge in [0.25, 0.3) is 0 Å². The van der Waals surface area contributed by atoms with Gasteiger partial charge in [0.05, 0.1) is 11.4 Å². The molecule has 0 amide bonds. The maximum Gasteiger partial charge on any atom is 0.387 e. The molecule has 7 rings (SSSR count). The summed E-state index contributed by atoms with van der Waals surface area (Å²) in [6, 6.07) is 33.5. The summed E-state index contributed by atoms with van der Waals surface area (Å²) in [7, 11) is 5.88. The van der Waals surface area contributed by atoms with Crippen LogP contribution in [0, 0.1) is 0 Å². The number of ether oxygens (including phenoxy) is 1. The maximum atomic E-state index is 12.1. The summed E-state index contributed by atoms with van der Waals surface area (Å²) in [5, 5.41) is 6.20. The van der Waals surface area contributed by atoms with Gasteiger partial charge in [0.2, 0.25) is 0 Å². The summed E-state index contributed by atoms with van der Waals surface area (Å²) in [5.41, 5.74) is 10.00. The van der Waals surface area contributed by atoms with Gasteiger partial charge in [-0.3, -0.25) is 0 Å². The van der Waals surface area contributed by atoms with Crippen LogP contribution in [0.25, 0.3) is 33.8 Å². The first-order valence-corrected chi connectivity index (χ1v) is 15.1. The molecule has 238 valence electrons. The third-order valence-electron chi connectivity index (χ3n) is 7.74. The molecule has 7 aromatic rings. The average molecular weight is 632 g/mol. The van der Waals surface area contributed by atoms with Crippen molar-refractivity contribution in [2.75, 3.05) is 36.7 Å². The van der Waals surface area contributed by atoms with E-state index >= 15 is 0 Å². The number of imidazole rings is 2. The predicted molar refractivity (Wildman–Crippen MR) is 186 cm³/mol. The van der Waals surface area contributed by atoms with Gasteiger partial charge in [0.1, 0.15) is 17.0 Å². The van der Waals surface area contributed by atoms with Crippen LogP contribution in [0.4, 0.5) is 25.8 Å². The number of aromatic nitrogens is 4. The van der Waals surface area contributed by atoms with E-state index in [1.165, 1.54) is 23.4 Å². The van der Waals surface area contributed by atoms with E-state index in [-0.39, 0.29) is 5.75 Å². The lowest BCUT2D eigenvalue weighted by molar-refractivity contribution is -0.0498. The highest BCUT2D eigenvalue weighted by atomic mass is 19.3. The van der Waals surface area contributed by atoms with Crippen LogP contribution in [0.3, 0.4) is 0 Å². The first kappa shape index (κ1) is 31.1. The van der Waals surface area contributed by atoms with Crippen molar-refractivity contribution in [2.24, 2.45) is 0 Å². The van der Waals surface area contributed by atoms with Crippen LogP contribution in [0.1, 0.15) is 5.56 Å². The number of halogens is 2. The summed E-state index contributed by atoms with van der Waals surface area (Å²) in [5.74, 6) is 0.134. The molecule has 0 spiro atoms. The third kappa shape index (κ3) is 7.50. The lowest BCUT2D eigenvalue weighted by Crippen LogP contribution is -2.15. The van der Waals surface area contributed by atoms with E-state index in [4.69, 9.17) is 4.98 Å². The first-order chi connectivity index (χ1) is 22.9. The molecule has 0 fully saturated rings. The molecule has 8 nitrogen and oxygen atoms in total. The number of nitrogens with zero attached hydrogens (tertiary/aromatic N) is 5. The Balaban J connectivity index is 0.000000168. The lowest BCUT2D eigenvalue weighted by Gasteiger charge is -2.19. The van der Waals surface area contributed by atoms with Crippen LogP contribution in [-0.4, -0.2) is 46.5 Å². The minimum atomic E-state index is -2.81. The number of rotatable bonds is 9. The Kier molecular flexibility index (Phi) is 9.28. The van der Waals surface area contributed by atoms with Crippen molar-refractivity contribution in [1.29, 1.82) is 0 Å². The van der Waals surface area contributed by atoms with E-state index in [0.29, 0.717) is 0 Å². The van der Waals surface area contributed by atoms with Gasteiger partial charge in [-0.1, -0.05) is 42.5 Å². The molecule has 2 N–H and O–H groups in total. The van der Waals surface area contributed by atoms with Crippen molar-refractivity contribution in [2.45, 2.75) is 13.2 Å². The summed E-state index contributed by atoms with van der Waals surface area (Å²) in [6.07, 6.45) is 7.89. The van der Waals surface area contributed by atoms with E-state index < -0.39 is 6.61 Å².